The standard InChI is InChI=1S/C15H15FN2O/c1-2-19-15-9-3-12(4-10-15)11-17-18-14-7-5-13(16)6-8-14/h3-11,18H,2H2,1H3/b17-11-. The van der Waals surface area contributed by atoms with Gasteiger partial charge in [0.2, 0.25) is 0 Å². The molecule has 4 heteroatoms. The third-order valence-electron chi connectivity index (χ3n) is 2.44. The summed E-state index contributed by atoms with van der Waals surface area (Å²) >= 11 is 0. The average molecular weight is 258 g/mol. The van der Waals surface area contributed by atoms with Gasteiger partial charge in [0.05, 0.1) is 18.5 Å². The Morgan fingerprint density at radius 2 is 1.79 bits per heavy atom. The van der Waals surface area contributed by atoms with E-state index in [1.54, 1.807) is 18.3 Å². The van der Waals surface area contributed by atoms with Crippen molar-refractivity contribution in [1.82, 2.24) is 0 Å². The first-order valence-corrected chi connectivity index (χ1v) is 6.05. The summed E-state index contributed by atoms with van der Waals surface area (Å²) in [7, 11) is 0. The number of hydrogen-bond donors (Lipinski definition) is 1. The Labute approximate surface area is 111 Å². The molecule has 0 aliphatic heterocycles. The average Bonchev–Trinajstić information content (AvgIpc) is 2.43. The van der Waals surface area contributed by atoms with Crippen molar-refractivity contribution in [2.24, 2.45) is 5.10 Å². The Morgan fingerprint density at radius 1 is 1.11 bits per heavy atom. The lowest BCUT2D eigenvalue weighted by Gasteiger charge is -2.02. The number of ether oxygens (including phenoxy) is 1. The van der Waals surface area contributed by atoms with Crippen molar-refractivity contribution >= 4 is 11.9 Å². The van der Waals surface area contributed by atoms with Crippen LogP contribution in [-0.4, -0.2) is 12.8 Å². The minimum absolute atomic E-state index is 0.263. The molecule has 3 nitrogen and oxygen atoms in total. The minimum Gasteiger partial charge on any atom is -0.494 e. The number of nitrogens with zero attached hydrogens (tertiary/aromatic N) is 1. The number of rotatable bonds is 5. The molecule has 19 heavy (non-hydrogen) atoms. The minimum atomic E-state index is -0.263. The van der Waals surface area contributed by atoms with Crippen molar-refractivity contribution in [3.63, 3.8) is 0 Å². The fraction of sp³-hybridized carbons (Fsp3) is 0.133. The van der Waals surface area contributed by atoms with Gasteiger partial charge in [-0.25, -0.2) is 4.39 Å². The summed E-state index contributed by atoms with van der Waals surface area (Å²) in [6.45, 7) is 2.60. The zero-order valence-corrected chi connectivity index (χ0v) is 10.6. The highest BCUT2D eigenvalue weighted by Crippen LogP contribution is 2.11. The van der Waals surface area contributed by atoms with E-state index in [9.17, 15) is 4.39 Å². The SMILES string of the molecule is CCOc1ccc(/C=N\Nc2ccc(F)cc2)cc1. The van der Waals surface area contributed by atoms with E-state index in [0.717, 1.165) is 17.0 Å². The van der Waals surface area contributed by atoms with Crippen LogP contribution in [0.1, 0.15) is 12.5 Å². The first-order valence-electron chi connectivity index (χ1n) is 6.05. The number of benzene rings is 2. The topological polar surface area (TPSA) is 33.6 Å². The molecular formula is C15H15FN2O. The summed E-state index contributed by atoms with van der Waals surface area (Å²) in [5.41, 5.74) is 4.53. The van der Waals surface area contributed by atoms with Crippen LogP contribution in [0.4, 0.5) is 10.1 Å². The highest BCUT2D eigenvalue weighted by Gasteiger charge is 1.93. The molecule has 0 aliphatic rings. The fourth-order valence-corrected chi connectivity index (χ4v) is 1.52. The molecule has 0 unspecified atom stereocenters. The molecule has 0 bridgehead atoms. The maximum atomic E-state index is 12.7. The van der Waals surface area contributed by atoms with E-state index in [1.807, 2.05) is 31.2 Å². The lowest BCUT2D eigenvalue weighted by Crippen LogP contribution is -1.93. The van der Waals surface area contributed by atoms with Crippen LogP contribution in [0.5, 0.6) is 5.75 Å². The molecule has 0 amide bonds. The Kier molecular flexibility index (Phi) is 4.50. The number of hydrogen-bond acceptors (Lipinski definition) is 3. The van der Waals surface area contributed by atoms with Gasteiger partial charge in [-0.2, -0.15) is 5.10 Å². The maximum absolute atomic E-state index is 12.7. The molecule has 0 spiro atoms. The molecule has 2 aromatic rings. The predicted molar refractivity (Wildman–Crippen MR) is 75.2 cm³/mol. The lowest BCUT2D eigenvalue weighted by molar-refractivity contribution is 0.340. The quantitative estimate of drug-likeness (QED) is 0.655. The molecule has 0 saturated heterocycles. The van der Waals surface area contributed by atoms with Crippen LogP contribution >= 0.6 is 0 Å². The fourth-order valence-electron chi connectivity index (χ4n) is 1.52. The molecule has 1 N–H and O–H groups in total. The maximum Gasteiger partial charge on any atom is 0.123 e. The molecule has 98 valence electrons. The largest absolute Gasteiger partial charge is 0.494 e. The summed E-state index contributed by atoms with van der Waals surface area (Å²) in [4.78, 5) is 0. The second kappa shape index (κ2) is 6.54. The van der Waals surface area contributed by atoms with E-state index in [2.05, 4.69) is 10.5 Å². The smallest absolute Gasteiger partial charge is 0.123 e. The first-order chi connectivity index (χ1) is 9.28. The summed E-state index contributed by atoms with van der Waals surface area (Å²) in [5.74, 6) is 0.576. The van der Waals surface area contributed by atoms with Crippen molar-refractivity contribution in [2.45, 2.75) is 6.92 Å². The molecule has 0 atom stereocenters. The van der Waals surface area contributed by atoms with Crippen LogP contribution in [0.2, 0.25) is 0 Å². The van der Waals surface area contributed by atoms with Gasteiger partial charge < -0.3 is 4.74 Å². The van der Waals surface area contributed by atoms with Gasteiger partial charge in [0.25, 0.3) is 0 Å². The van der Waals surface area contributed by atoms with Gasteiger partial charge in [-0.05, 0) is 61.0 Å². The lowest BCUT2D eigenvalue weighted by atomic mass is 10.2. The van der Waals surface area contributed by atoms with Gasteiger partial charge in [-0.15, -0.1) is 0 Å². The molecule has 2 aromatic carbocycles. The van der Waals surface area contributed by atoms with Gasteiger partial charge in [-0.3, -0.25) is 5.43 Å². The van der Waals surface area contributed by atoms with Crippen LogP contribution < -0.4 is 10.2 Å². The summed E-state index contributed by atoms with van der Waals surface area (Å²) < 4.78 is 18.0. The van der Waals surface area contributed by atoms with Crippen LogP contribution in [0.3, 0.4) is 0 Å². The van der Waals surface area contributed by atoms with Gasteiger partial charge in [0.1, 0.15) is 11.6 Å². The number of anilines is 1. The number of nitrogens with one attached hydrogen (secondary N) is 1. The molecule has 0 saturated carbocycles. The third kappa shape index (κ3) is 4.10. The Bertz CT molecular complexity index is 535. The normalized spacial score (nSPS) is 10.6. The van der Waals surface area contributed by atoms with E-state index < -0.39 is 0 Å². The monoisotopic (exact) mass is 258 g/mol. The van der Waals surface area contributed by atoms with Crippen LogP contribution in [0.15, 0.2) is 53.6 Å². The molecule has 0 radical (unpaired) electrons. The molecule has 0 aliphatic carbocycles. The van der Waals surface area contributed by atoms with Crippen molar-refractivity contribution in [1.29, 1.82) is 0 Å². The van der Waals surface area contributed by atoms with E-state index in [-0.39, 0.29) is 5.82 Å². The zero-order chi connectivity index (χ0) is 13.5. The third-order valence-corrected chi connectivity index (χ3v) is 2.44. The van der Waals surface area contributed by atoms with Gasteiger partial charge in [-0.1, -0.05) is 0 Å². The second-order valence-electron chi connectivity index (χ2n) is 3.88. The van der Waals surface area contributed by atoms with Crippen molar-refractivity contribution in [3.8, 4) is 5.75 Å². The Balaban J connectivity index is 1.93. The Morgan fingerprint density at radius 3 is 2.42 bits per heavy atom. The van der Waals surface area contributed by atoms with Gasteiger partial charge in [0.15, 0.2) is 0 Å². The second-order valence-corrected chi connectivity index (χ2v) is 3.88. The molecule has 0 aromatic heterocycles. The first kappa shape index (κ1) is 13.1. The van der Waals surface area contributed by atoms with Crippen LogP contribution in [0.25, 0.3) is 0 Å². The Hall–Kier alpha value is -2.36. The van der Waals surface area contributed by atoms with E-state index >= 15 is 0 Å². The molecule has 0 fully saturated rings. The molecule has 2 rings (SSSR count). The summed E-state index contributed by atoms with van der Waals surface area (Å²) in [5, 5.41) is 4.08. The number of halogens is 1. The highest BCUT2D eigenvalue weighted by atomic mass is 19.1. The van der Waals surface area contributed by atoms with Gasteiger partial charge >= 0.3 is 0 Å². The zero-order valence-electron chi connectivity index (χ0n) is 10.6. The molecule has 0 heterocycles. The van der Waals surface area contributed by atoms with Crippen molar-refractivity contribution in [3.05, 3.63) is 59.9 Å². The van der Waals surface area contributed by atoms with Gasteiger partial charge in [0, 0.05) is 0 Å². The van der Waals surface area contributed by atoms with Crippen LogP contribution in [-0.2, 0) is 0 Å². The summed E-state index contributed by atoms with van der Waals surface area (Å²) in [6, 6.07) is 13.6. The van der Waals surface area contributed by atoms with E-state index in [0.29, 0.717) is 6.61 Å². The van der Waals surface area contributed by atoms with Crippen molar-refractivity contribution in [2.75, 3.05) is 12.0 Å². The molecular weight excluding hydrogens is 243 g/mol. The van der Waals surface area contributed by atoms with E-state index in [4.69, 9.17) is 4.74 Å². The van der Waals surface area contributed by atoms with Crippen LogP contribution in [0, 0.1) is 5.82 Å². The van der Waals surface area contributed by atoms with Crippen molar-refractivity contribution < 1.29 is 9.13 Å². The summed E-state index contributed by atoms with van der Waals surface area (Å²) in [6.07, 6.45) is 1.69. The highest BCUT2D eigenvalue weighted by molar-refractivity contribution is 5.80. The number of hydrazone groups is 1. The predicted octanol–water partition coefficient (Wildman–Crippen LogP) is 3.67. The van der Waals surface area contributed by atoms with E-state index in [1.165, 1.54) is 12.1 Å².